The number of benzene rings is 1. The maximum Gasteiger partial charge on any atom is 0.226 e. The molecular formula is C15H23N3O. The zero-order valence-electron chi connectivity index (χ0n) is 11.9. The van der Waals surface area contributed by atoms with Crippen molar-refractivity contribution in [3.05, 3.63) is 23.8 Å². The first-order valence-electron chi connectivity index (χ1n) is 6.91. The van der Waals surface area contributed by atoms with Crippen molar-refractivity contribution in [1.82, 2.24) is 4.90 Å². The topological polar surface area (TPSA) is 49.6 Å². The molecule has 0 saturated carbocycles. The molecule has 1 aromatic carbocycles. The van der Waals surface area contributed by atoms with Gasteiger partial charge in [0.2, 0.25) is 5.91 Å². The minimum Gasteiger partial charge on any atom is -0.399 e. The van der Waals surface area contributed by atoms with Crippen LogP contribution in [0.15, 0.2) is 18.2 Å². The van der Waals surface area contributed by atoms with Gasteiger partial charge in [-0.2, -0.15) is 0 Å². The van der Waals surface area contributed by atoms with E-state index in [0.29, 0.717) is 6.42 Å². The van der Waals surface area contributed by atoms with Crippen LogP contribution in [0, 0.1) is 0 Å². The highest BCUT2D eigenvalue weighted by Gasteiger charge is 2.21. The second-order valence-corrected chi connectivity index (χ2v) is 5.44. The molecule has 1 aromatic rings. The van der Waals surface area contributed by atoms with Crippen LogP contribution in [0.1, 0.15) is 24.8 Å². The molecule has 0 unspecified atom stereocenters. The molecule has 1 aliphatic heterocycles. The summed E-state index contributed by atoms with van der Waals surface area (Å²) >= 11 is 0. The number of nitrogen functional groups attached to an aromatic ring is 1. The van der Waals surface area contributed by atoms with Crippen molar-refractivity contribution >= 4 is 17.3 Å². The summed E-state index contributed by atoms with van der Waals surface area (Å²) in [5, 5.41) is 0. The molecule has 2 N–H and O–H groups in total. The molecule has 19 heavy (non-hydrogen) atoms. The Bertz CT molecular complexity index is 457. The van der Waals surface area contributed by atoms with Gasteiger partial charge in [0, 0.05) is 24.3 Å². The fourth-order valence-corrected chi connectivity index (χ4v) is 2.56. The summed E-state index contributed by atoms with van der Waals surface area (Å²) in [6.07, 6.45) is 3.48. The van der Waals surface area contributed by atoms with Crippen LogP contribution in [0.25, 0.3) is 0 Å². The lowest BCUT2D eigenvalue weighted by atomic mass is 10.1. The first-order chi connectivity index (χ1) is 9.08. The number of hydrogen-bond acceptors (Lipinski definition) is 3. The Kier molecular flexibility index (Phi) is 4.43. The van der Waals surface area contributed by atoms with Crippen molar-refractivity contribution in [3.63, 3.8) is 0 Å². The Morgan fingerprint density at radius 3 is 2.84 bits per heavy atom. The first-order valence-corrected chi connectivity index (χ1v) is 6.91. The Morgan fingerprint density at radius 2 is 2.11 bits per heavy atom. The Labute approximate surface area is 115 Å². The van der Waals surface area contributed by atoms with Crippen LogP contribution in [0.3, 0.4) is 0 Å². The van der Waals surface area contributed by atoms with Crippen molar-refractivity contribution in [3.8, 4) is 0 Å². The van der Waals surface area contributed by atoms with E-state index in [0.717, 1.165) is 43.7 Å². The number of nitrogens with zero attached hydrogens (tertiary/aromatic N) is 2. The molecule has 0 atom stereocenters. The van der Waals surface area contributed by atoms with Crippen molar-refractivity contribution in [1.29, 1.82) is 0 Å². The zero-order chi connectivity index (χ0) is 13.8. The highest BCUT2D eigenvalue weighted by atomic mass is 16.2. The normalized spacial score (nSPS) is 15.5. The summed E-state index contributed by atoms with van der Waals surface area (Å²) in [5.74, 6) is 0.238. The van der Waals surface area contributed by atoms with Crippen LogP contribution in [0.5, 0.6) is 0 Å². The molecule has 0 spiro atoms. The molecule has 2 rings (SSSR count). The van der Waals surface area contributed by atoms with E-state index in [1.165, 1.54) is 5.56 Å². The quantitative estimate of drug-likeness (QED) is 0.842. The summed E-state index contributed by atoms with van der Waals surface area (Å²) in [4.78, 5) is 16.3. The van der Waals surface area contributed by atoms with Gasteiger partial charge in [0.05, 0.1) is 0 Å². The van der Waals surface area contributed by atoms with Crippen LogP contribution in [-0.4, -0.2) is 38.0 Å². The third-order valence-electron chi connectivity index (χ3n) is 3.52. The summed E-state index contributed by atoms with van der Waals surface area (Å²) in [5.41, 5.74) is 8.88. The smallest absolute Gasteiger partial charge is 0.226 e. The van der Waals surface area contributed by atoms with Gasteiger partial charge in [0.15, 0.2) is 0 Å². The summed E-state index contributed by atoms with van der Waals surface area (Å²) in [7, 11) is 4.11. The predicted molar refractivity (Wildman–Crippen MR) is 79.3 cm³/mol. The van der Waals surface area contributed by atoms with Gasteiger partial charge in [0.25, 0.3) is 0 Å². The van der Waals surface area contributed by atoms with Crippen LogP contribution in [-0.2, 0) is 11.2 Å². The molecule has 0 aromatic heterocycles. The number of aryl methyl sites for hydroxylation is 1. The summed E-state index contributed by atoms with van der Waals surface area (Å²) < 4.78 is 0. The van der Waals surface area contributed by atoms with Gasteiger partial charge in [0.1, 0.15) is 0 Å². The fraction of sp³-hybridized carbons (Fsp3) is 0.533. The minimum absolute atomic E-state index is 0.238. The molecule has 104 valence electrons. The van der Waals surface area contributed by atoms with E-state index in [-0.39, 0.29) is 5.91 Å². The molecule has 0 fully saturated rings. The monoisotopic (exact) mass is 261 g/mol. The van der Waals surface area contributed by atoms with Crippen molar-refractivity contribution in [2.45, 2.75) is 25.7 Å². The van der Waals surface area contributed by atoms with Gasteiger partial charge in [-0.25, -0.2) is 0 Å². The number of rotatable bonds is 4. The molecule has 1 amide bonds. The molecule has 0 bridgehead atoms. The maximum atomic E-state index is 12.2. The third-order valence-corrected chi connectivity index (χ3v) is 3.52. The lowest BCUT2D eigenvalue weighted by molar-refractivity contribution is -0.118. The molecule has 0 radical (unpaired) electrons. The van der Waals surface area contributed by atoms with Crippen molar-refractivity contribution < 1.29 is 4.79 Å². The standard InChI is InChI=1S/C15H23N3O/c1-17(2)9-4-10-18-14-8-7-13(16)11-12(14)5-3-6-15(18)19/h7-8,11H,3-6,9-10,16H2,1-2H3. The van der Waals surface area contributed by atoms with E-state index in [1.807, 2.05) is 23.1 Å². The molecule has 0 saturated heterocycles. The van der Waals surface area contributed by atoms with Gasteiger partial charge in [-0.05, 0) is 63.7 Å². The number of carbonyl (C=O) groups excluding carboxylic acids is 1. The molecule has 4 heteroatoms. The third kappa shape index (κ3) is 3.47. The lowest BCUT2D eigenvalue weighted by Gasteiger charge is -2.24. The highest BCUT2D eigenvalue weighted by molar-refractivity contribution is 5.95. The van der Waals surface area contributed by atoms with Gasteiger partial charge in [-0.3, -0.25) is 4.79 Å². The van der Waals surface area contributed by atoms with E-state index < -0.39 is 0 Å². The van der Waals surface area contributed by atoms with Gasteiger partial charge in [-0.1, -0.05) is 0 Å². The number of anilines is 2. The number of amides is 1. The van der Waals surface area contributed by atoms with Crippen molar-refractivity contribution in [2.24, 2.45) is 0 Å². The van der Waals surface area contributed by atoms with E-state index in [9.17, 15) is 4.79 Å². The SMILES string of the molecule is CN(C)CCCN1C(=O)CCCc2cc(N)ccc21. The number of hydrogen-bond donors (Lipinski definition) is 1. The first kappa shape index (κ1) is 13.9. The Balaban J connectivity index is 2.18. The molecule has 1 heterocycles. The summed E-state index contributed by atoms with van der Waals surface area (Å²) in [6, 6.07) is 5.88. The van der Waals surface area contributed by atoms with Gasteiger partial charge in [-0.15, -0.1) is 0 Å². The van der Waals surface area contributed by atoms with Gasteiger partial charge < -0.3 is 15.5 Å². The minimum atomic E-state index is 0.238. The molecule has 1 aliphatic rings. The predicted octanol–water partition coefficient (Wildman–Crippen LogP) is 1.89. The van der Waals surface area contributed by atoms with Crippen LogP contribution in [0.4, 0.5) is 11.4 Å². The van der Waals surface area contributed by atoms with E-state index >= 15 is 0 Å². The Morgan fingerprint density at radius 1 is 1.32 bits per heavy atom. The largest absolute Gasteiger partial charge is 0.399 e. The Hall–Kier alpha value is -1.55. The average molecular weight is 261 g/mol. The van der Waals surface area contributed by atoms with Gasteiger partial charge >= 0.3 is 0 Å². The van der Waals surface area contributed by atoms with E-state index in [1.54, 1.807) is 0 Å². The molecule has 0 aliphatic carbocycles. The highest BCUT2D eigenvalue weighted by Crippen LogP contribution is 2.28. The van der Waals surface area contributed by atoms with Crippen LogP contribution >= 0.6 is 0 Å². The van der Waals surface area contributed by atoms with Crippen molar-refractivity contribution in [2.75, 3.05) is 37.8 Å². The van der Waals surface area contributed by atoms with Crippen LogP contribution in [0.2, 0.25) is 0 Å². The molecule has 4 nitrogen and oxygen atoms in total. The van der Waals surface area contributed by atoms with E-state index in [2.05, 4.69) is 19.0 Å². The second-order valence-electron chi connectivity index (χ2n) is 5.44. The average Bonchev–Trinajstić information content (AvgIpc) is 2.49. The van der Waals surface area contributed by atoms with E-state index in [4.69, 9.17) is 5.73 Å². The second kappa shape index (κ2) is 6.06. The number of nitrogens with two attached hydrogens (primary N) is 1. The lowest BCUT2D eigenvalue weighted by Crippen LogP contribution is -2.32. The summed E-state index contributed by atoms with van der Waals surface area (Å²) in [6.45, 7) is 1.78. The van der Waals surface area contributed by atoms with Crippen LogP contribution < -0.4 is 10.6 Å². The number of fused-ring (bicyclic) bond motifs is 1. The molecular weight excluding hydrogens is 238 g/mol. The maximum absolute atomic E-state index is 12.2. The number of carbonyl (C=O) groups is 1. The fourth-order valence-electron chi connectivity index (χ4n) is 2.56. The zero-order valence-corrected chi connectivity index (χ0v) is 11.9.